The van der Waals surface area contributed by atoms with Gasteiger partial charge in [-0.1, -0.05) is 28.1 Å². The van der Waals surface area contributed by atoms with Gasteiger partial charge in [-0.25, -0.2) is 4.68 Å². The molecule has 0 aliphatic rings. The lowest BCUT2D eigenvalue weighted by molar-refractivity contribution is -0.119. The first-order valence-corrected chi connectivity index (χ1v) is 9.95. The number of carbonyl (C=O) groups is 1. The smallest absolute Gasteiger partial charge is 0.271 e. The van der Waals surface area contributed by atoms with Crippen LogP contribution in [-0.2, 0) is 11.2 Å². The van der Waals surface area contributed by atoms with Crippen LogP contribution in [0.1, 0.15) is 29.8 Å². The van der Waals surface area contributed by atoms with E-state index >= 15 is 0 Å². The van der Waals surface area contributed by atoms with Gasteiger partial charge in [0.05, 0.1) is 12.8 Å². The molecule has 3 rings (SSSR count). The quantitative estimate of drug-likeness (QED) is 0.606. The maximum Gasteiger partial charge on any atom is 0.271 e. The van der Waals surface area contributed by atoms with Gasteiger partial charge in [-0.2, -0.15) is 5.10 Å². The van der Waals surface area contributed by atoms with Crippen molar-refractivity contribution in [2.45, 2.75) is 26.3 Å². The summed E-state index contributed by atoms with van der Waals surface area (Å²) in [6, 6.07) is 15.8. The van der Waals surface area contributed by atoms with Gasteiger partial charge in [0.15, 0.2) is 0 Å². The normalized spacial score (nSPS) is 11.7. The molecule has 1 unspecified atom stereocenters. The second-order valence-corrected chi connectivity index (χ2v) is 7.68. The number of halogens is 1. The topological polar surface area (TPSA) is 73.2 Å². The lowest BCUT2D eigenvalue weighted by atomic mass is 10.1. The van der Waals surface area contributed by atoms with Crippen LogP contribution in [0.15, 0.2) is 63.9 Å². The van der Waals surface area contributed by atoms with Gasteiger partial charge in [-0.3, -0.25) is 9.59 Å². The summed E-state index contributed by atoms with van der Waals surface area (Å²) in [5.74, 6) is 0.427. The number of methoxy groups -OCH3 is 1. The minimum Gasteiger partial charge on any atom is -0.497 e. The summed E-state index contributed by atoms with van der Waals surface area (Å²) in [6.07, 6.45) is 0.431. The van der Waals surface area contributed by atoms with E-state index in [9.17, 15) is 9.59 Å². The van der Waals surface area contributed by atoms with Crippen molar-refractivity contribution >= 4 is 27.5 Å². The minimum atomic E-state index is -0.755. The van der Waals surface area contributed by atoms with Crippen LogP contribution in [0.3, 0.4) is 0 Å². The maximum absolute atomic E-state index is 13.0. The van der Waals surface area contributed by atoms with Crippen LogP contribution in [0.4, 0.5) is 5.69 Å². The highest BCUT2D eigenvalue weighted by Gasteiger charge is 2.20. The van der Waals surface area contributed by atoms with E-state index in [0.717, 1.165) is 15.8 Å². The molecule has 0 fully saturated rings. The van der Waals surface area contributed by atoms with Crippen LogP contribution in [-0.4, -0.2) is 22.8 Å². The number of hydrogen-bond donors (Lipinski definition) is 1. The number of anilines is 1. The van der Waals surface area contributed by atoms with Crippen LogP contribution in [0.25, 0.3) is 0 Å². The van der Waals surface area contributed by atoms with E-state index < -0.39 is 6.04 Å². The second kappa shape index (κ2) is 9.05. The highest BCUT2D eigenvalue weighted by atomic mass is 79.9. The summed E-state index contributed by atoms with van der Waals surface area (Å²) in [4.78, 5) is 25.7. The first-order valence-electron chi connectivity index (χ1n) is 9.16. The fourth-order valence-corrected chi connectivity index (χ4v) is 3.25. The van der Waals surface area contributed by atoms with Crippen molar-refractivity contribution in [3.63, 3.8) is 0 Å². The molecule has 0 saturated carbocycles. The fraction of sp³-hybridized carbons (Fsp3) is 0.227. The molecule has 1 N–H and O–H groups in total. The molecule has 0 aliphatic heterocycles. The average molecular weight is 456 g/mol. The summed E-state index contributed by atoms with van der Waals surface area (Å²) >= 11 is 3.36. The molecule has 1 atom stereocenters. The molecule has 0 spiro atoms. The maximum atomic E-state index is 13.0. The summed E-state index contributed by atoms with van der Waals surface area (Å²) in [5, 5.41) is 7.12. The Morgan fingerprint density at radius 3 is 2.62 bits per heavy atom. The van der Waals surface area contributed by atoms with Crippen LogP contribution < -0.4 is 15.6 Å². The standard InChI is InChI=1S/C22H22BrN3O3/c1-14-11-17(12-16-5-4-6-20(13-16)29-3)22(28)26(25-14)15(2)21(27)24-19-9-7-18(23)8-10-19/h4-11,13,15H,12H2,1-3H3,(H,24,27). The molecule has 0 radical (unpaired) electrons. The molecule has 6 nitrogen and oxygen atoms in total. The number of hydrogen-bond acceptors (Lipinski definition) is 4. The summed E-state index contributed by atoms with van der Waals surface area (Å²) in [6.45, 7) is 3.47. The largest absolute Gasteiger partial charge is 0.497 e. The Labute approximate surface area is 177 Å². The molecule has 0 saturated heterocycles. The predicted octanol–water partition coefficient (Wildman–Crippen LogP) is 4.11. The molecule has 1 heterocycles. The fourth-order valence-electron chi connectivity index (χ4n) is 2.99. The lowest BCUT2D eigenvalue weighted by Gasteiger charge is -2.16. The Hall–Kier alpha value is -2.93. The third-order valence-corrected chi connectivity index (χ3v) is 5.05. The zero-order chi connectivity index (χ0) is 21.0. The zero-order valence-electron chi connectivity index (χ0n) is 16.5. The summed E-state index contributed by atoms with van der Waals surface area (Å²) in [5.41, 5.74) is 2.57. The molecule has 7 heteroatoms. The van der Waals surface area contributed by atoms with E-state index in [-0.39, 0.29) is 11.5 Å². The van der Waals surface area contributed by atoms with Gasteiger partial charge in [-0.05, 0) is 61.9 Å². The number of amides is 1. The van der Waals surface area contributed by atoms with Crippen LogP contribution >= 0.6 is 15.9 Å². The van der Waals surface area contributed by atoms with Crippen molar-refractivity contribution in [3.8, 4) is 5.75 Å². The van der Waals surface area contributed by atoms with Crippen molar-refractivity contribution in [1.82, 2.24) is 9.78 Å². The van der Waals surface area contributed by atoms with Crippen LogP contribution in [0, 0.1) is 6.92 Å². The number of nitrogens with zero attached hydrogens (tertiary/aromatic N) is 2. The first-order chi connectivity index (χ1) is 13.9. The molecule has 0 bridgehead atoms. The number of carbonyl (C=O) groups excluding carboxylic acids is 1. The minimum absolute atomic E-state index is 0.281. The summed E-state index contributed by atoms with van der Waals surface area (Å²) in [7, 11) is 1.61. The van der Waals surface area contributed by atoms with Gasteiger partial charge in [0.25, 0.3) is 5.56 Å². The third kappa shape index (κ3) is 5.12. The molecule has 29 heavy (non-hydrogen) atoms. The number of aromatic nitrogens is 2. The first kappa shape index (κ1) is 20.8. The van der Waals surface area contributed by atoms with Crippen molar-refractivity contribution in [2.24, 2.45) is 0 Å². The Morgan fingerprint density at radius 2 is 1.93 bits per heavy atom. The number of benzene rings is 2. The number of rotatable bonds is 6. The van der Waals surface area contributed by atoms with E-state index in [1.165, 1.54) is 4.68 Å². The Balaban J connectivity index is 1.86. The van der Waals surface area contributed by atoms with Crippen molar-refractivity contribution < 1.29 is 9.53 Å². The molecule has 150 valence electrons. The molecule has 3 aromatic rings. The number of ether oxygens (including phenoxy) is 1. The molecule has 1 aromatic heterocycles. The van der Waals surface area contributed by atoms with Crippen molar-refractivity contribution in [2.75, 3.05) is 12.4 Å². The lowest BCUT2D eigenvalue weighted by Crippen LogP contribution is -2.35. The van der Waals surface area contributed by atoms with Crippen LogP contribution in [0.2, 0.25) is 0 Å². The second-order valence-electron chi connectivity index (χ2n) is 6.76. The predicted molar refractivity (Wildman–Crippen MR) is 117 cm³/mol. The van der Waals surface area contributed by atoms with Gasteiger partial charge >= 0.3 is 0 Å². The SMILES string of the molecule is COc1cccc(Cc2cc(C)nn(C(C)C(=O)Nc3ccc(Br)cc3)c2=O)c1. The molecule has 1 amide bonds. The Bertz CT molecular complexity index is 1080. The van der Waals surface area contributed by atoms with Crippen LogP contribution in [0.5, 0.6) is 5.75 Å². The van der Waals surface area contributed by atoms with Crippen molar-refractivity contribution in [3.05, 3.63) is 86.2 Å². The highest BCUT2D eigenvalue weighted by molar-refractivity contribution is 9.10. The molecular formula is C22H22BrN3O3. The summed E-state index contributed by atoms with van der Waals surface area (Å²) < 4.78 is 7.42. The molecule has 0 aliphatic carbocycles. The Morgan fingerprint density at radius 1 is 1.21 bits per heavy atom. The third-order valence-electron chi connectivity index (χ3n) is 4.52. The molecular weight excluding hydrogens is 434 g/mol. The van der Waals surface area contributed by atoms with Crippen molar-refractivity contribution in [1.29, 1.82) is 0 Å². The van der Waals surface area contributed by atoms with Gasteiger partial charge in [0, 0.05) is 22.1 Å². The van der Waals surface area contributed by atoms with E-state index in [1.807, 2.05) is 43.3 Å². The van der Waals surface area contributed by atoms with E-state index in [4.69, 9.17) is 4.74 Å². The zero-order valence-corrected chi connectivity index (χ0v) is 18.1. The number of aryl methyl sites for hydroxylation is 1. The van der Waals surface area contributed by atoms with Gasteiger partial charge in [-0.15, -0.1) is 0 Å². The van der Waals surface area contributed by atoms with E-state index in [2.05, 4.69) is 26.3 Å². The Kier molecular flexibility index (Phi) is 6.49. The number of nitrogens with one attached hydrogen (secondary N) is 1. The average Bonchev–Trinajstić information content (AvgIpc) is 2.71. The monoisotopic (exact) mass is 455 g/mol. The van der Waals surface area contributed by atoms with E-state index in [1.54, 1.807) is 32.2 Å². The van der Waals surface area contributed by atoms with Gasteiger partial charge in [0.2, 0.25) is 5.91 Å². The van der Waals surface area contributed by atoms with Gasteiger partial charge in [0.1, 0.15) is 11.8 Å². The van der Waals surface area contributed by atoms with E-state index in [0.29, 0.717) is 23.4 Å². The van der Waals surface area contributed by atoms with Gasteiger partial charge < -0.3 is 10.1 Å². The molecule has 2 aromatic carbocycles. The highest BCUT2D eigenvalue weighted by Crippen LogP contribution is 2.17.